The Morgan fingerprint density at radius 3 is 2.95 bits per heavy atom. The molecule has 0 radical (unpaired) electrons. The summed E-state index contributed by atoms with van der Waals surface area (Å²) in [6.45, 7) is 4.22. The molecule has 2 rings (SSSR count). The van der Waals surface area contributed by atoms with Crippen LogP contribution in [-0.2, 0) is 0 Å². The topological polar surface area (TPSA) is 29.1 Å². The standard InChI is InChI=1S/C16H22BrNO/c1-3-12-6-4-7-13(10-12)18-16(19)14-8-5-9-15(17)11(14)2/h5,8-9,12-13H,3-4,6-7,10H2,1-2H3,(H,18,19). The number of nitrogens with one attached hydrogen (secondary N) is 1. The van der Waals surface area contributed by atoms with Gasteiger partial charge in [0.1, 0.15) is 0 Å². The molecule has 1 N–H and O–H groups in total. The molecular weight excluding hydrogens is 302 g/mol. The van der Waals surface area contributed by atoms with Crippen LogP contribution in [-0.4, -0.2) is 11.9 Å². The van der Waals surface area contributed by atoms with Gasteiger partial charge in [-0.25, -0.2) is 0 Å². The third kappa shape index (κ3) is 3.59. The Morgan fingerprint density at radius 2 is 2.21 bits per heavy atom. The van der Waals surface area contributed by atoms with Crippen molar-refractivity contribution < 1.29 is 4.79 Å². The van der Waals surface area contributed by atoms with E-state index in [0.29, 0.717) is 6.04 Å². The summed E-state index contributed by atoms with van der Waals surface area (Å²) in [5.74, 6) is 0.850. The molecule has 1 aliphatic carbocycles. The third-order valence-electron chi connectivity index (χ3n) is 4.21. The lowest BCUT2D eigenvalue weighted by atomic mass is 9.84. The average Bonchev–Trinajstić information content (AvgIpc) is 2.42. The predicted molar refractivity (Wildman–Crippen MR) is 82.4 cm³/mol. The van der Waals surface area contributed by atoms with Crippen molar-refractivity contribution in [2.45, 2.75) is 52.0 Å². The number of carbonyl (C=O) groups is 1. The van der Waals surface area contributed by atoms with Gasteiger partial charge in [0.25, 0.3) is 5.91 Å². The number of hydrogen-bond acceptors (Lipinski definition) is 1. The van der Waals surface area contributed by atoms with Gasteiger partial charge < -0.3 is 5.32 Å². The second-order valence-electron chi connectivity index (χ2n) is 5.52. The quantitative estimate of drug-likeness (QED) is 0.874. The van der Waals surface area contributed by atoms with Gasteiger partial charge in [-0.3, -0.25) is 4.79 Å². The monoisotopic (exact) mass is 323 g/mol. The van der Waals surface area contributed by atoms with E-state index < -0.39 is 0 Å². The highest BCUT2D eigenvalue weighted by Gasteiger charge is 2.23. The first-order chi connectivity index (χ1) is 9.11. The van der Waals surface area contributed by atoms with Crippen molar-refractivity contribution in [1.82, 2.24) is 5.32 Å². The molecule has 1 fully saturated rings. The predicted octanol–water partition coefficient (Wildman–Crippen LogP) is 4.46. The molecule has 19 heavy (non-hydrogen) atoms. The number of amides is 1. The van der Waals surface area contributed by atoms with Crippen LogP contribution in [0.5, 0.6) is 0 Å². The molecule has 3 heteroatoms. The smallest absolute Gasteiger partial charge is 0.251 e. The summed E-state index contributed by atoms with van der Waals surface area (Å²) in [5, 5.41) is 3.21. The second-order valence-corrected chi connectivity index (χ2v) is 6.38. The van der Waals surface area contributed by atoms with Crippen molar-refractivity contribution in [2.24, 2.45) is 5.92 Å². The molecule has 0 spiro atoms. The van der Waals surface area contributed by atoms with Gasteiger partial charge in [-0.15, -0.1) is 0 Å². The van der Waals surface area contributed by atoms with Gasteiger partial charge in [0.05, 0.1) is 0 Å². The Bertz CT molecular complexity index is 458. The fourth-order valence-electron chi connectivity index (χ4n) is 2.91. The van der Waals surface area contributed by atoms with E-state index in [9.17, 15) is 4.79 Å². The van der Waals surface area contributed by atoms with Crippen molar-refractivity contribution in [3.8, 4) is 0 Å². The zero-order chi connectivity index (χ0) is 13.8. The molecule has 1 aromatic carbocycles. The SMILES string of the molecule is CCC1CCCC(NC(=O)c2cccc(Br)c2C)C1. The molecule has 1 saturated carbocycles. The van der Waals surface area contributed by atoms with Crippen molar-refractivity contribution >= 4 is 21.8 Å². The fraction of sp³-hybridized carbons (Fsp3) is 0.562. The lowest BCUT2D eigenvalue weighted by Crippen LogP contribution is -2.38. The van der Waals surface area contributed by atoms with E-state index in [1.165, 1.54) is 19.3 Å². The minimum absolute atomic E-state index is 0.0700. The second kappa shape index (κ2) is 6.56. The van der Waals surface area contributed by atoms with Gasteiger partial charge in [0.15, 0.2) is 0 Å². The molecule has 0 aliphatic heterocycles. The van der Waals surface area contributed by atoms with E-state index in [1.807, 2.05) is 25.1 Å². The highest BCUT2D eigenvalue weighted by molar-refractivity contribution is 9.10. The lowest BCUT2D eigenvalue weighted by molar-refractivity contribution is 0.0918. The molecule has 1 amide bonds. The van der Waals surface area contributed by atoms with Crippen LogP contribution in [0.15, 0.2) is 22.7 Å². The molecule has 0 bridgehead atoms. The molecule has 2 unspecified atom stereocenters. The lowest BCUT2D eigenvalue weighted by Gasteiger charge is -2.29. The Hall–Kier alpha value is -0.830. The van der Waals surface area contributed by atoms with Crippen LogP contribution in [0.25, 0.3) is 0 Å². The summed E-state index contributed by atoms with van der Waals surface area (Å²) in [6, 6.07) is 6.14. The van der Waals surface area contributed by atoms with E-state index in [0.717, 1.165) is 34.4 Å². The molecule has 1 aliphatic rings. The summed E-state index contributed by atoms with van der Waals surface area (Å²) < 4.78 is 0.996. The van der Waals surface area contributed by atoms with Crippen LogP contribution in [0, 0.1) is 12.8 Å². The van der Waals surface area contributed by atoms with Crippen LogP contribution in [0.3, 0.4) is 0 Å². The summed E-state index contributed by atoms with van der Waals surface area (Å²) in [6.07, 6.45) is 6.03. The van der Waals surface area contributed by atoms with E-state index in [-0.39, 0.29) is 5.91 Å². The molecular formula is C16H22BrNO. The van der Waals surface area contributed by atoms with E-state index in [4.69, 9.17) is 0 Å². The maximum absolute atomic E-state index is 12.3. The highest BCUT2D eigenvalue weighted by Crippen LogP contribution is 2.27. The zero-order valence-electron chi connectivity index (χ0n) is 11.7. The minimum Gasteiger partial charge on any atom is -0.349 e. The summed E-state index contributed by atoms with van der Waals surface area (Å²) in [4.78, 5) is 12.3. The van der Waals surface area contributed by atoms with Crippen molar-refractivity contribution in [1.29, 1.82) is 0 Å². The number of hydrogen-bond donors (Lipinski definition) is 1. The zero-order valence-corrected chi connectivity index (χ0v) is 13.3. The summed E-state index contributed by atoms with van der Waals surface area (Å²) in [5.41, 5.74) is 1.80. The van der Waals surface area contributed by atoms with Crippen LogP contribution in [0.2, 0.25) is 0 Å². The molecule has 104 valence electrons. The van der Waals surface area contributed by atoms with E-state index in [2.05, 4.69) is 28.2 Å². The molecule has 0 aromatic heterocycles. The fourth-order valence-corrected chi connectivity index (χ4v) is 3.28. The Morgan fingerprint density at radius 1 is 1.42 bits per heavy atom. The number of benzene rings is 1. The Kier molecular flexibility index (Phi) is 5.03. The largest absolute Gasteiger partial charge is 0.349 e. The van der Waals surface area contributed by atoms with Gasteiger partial charge in [-0.05, 0) is 43.4 Å². The van der Waals surface area contributed by atoms with Gasteiger partial charge in [0, 0.05) is 16.1 Å². The van der Waals surface area contributed by atoms with Crippen molar-refractivity contribution in [3.63, 3.8) is 0 Å². The van der Waals surface area contributed by atoms with Crippen LogP contribution in [0.1, 0.15) is 54.9 Å². The van der Waals surface area contributed by atoms with Crippen LogP contribution in [0.4, 0.5) is 0 Å². The van der Waals surface area contributed by atoms with Gasteiger partial charge in [-0.2, -0.15) is 0 Å². The van der Waals surface area contributed by atoms with Crippen molar-refractivity contribution in [3.05, 3.63) is 33.8 Å². The molecule has 2 atom stereocenters. The third-order valence-corrected chi connectivity index (χ3v) is 5.07. The normalized spacial score (nSPS) is 23.1. The van der Waals surface area contributed by atoms with Gasteiger partial charge >= 0.3 is 0 Å². The Labute approximate surface area is 124 Å². The minimum atomic E-state index is 0.0700. The average molecular weight is 324 g/mol. The van der Waals surface area contributed by atoms with Crippen LogP contribution >= 0.6 is 15.9 Å². The maximum atomic E-state index is 12.3. The first kappa shape index (κ1) is 14.6. The molecule has 1 aromatic rings. The molecule has 2 nitrogen and oxygen atoms in total. The number of rotatable bonds is 3. The van der Waals surface area contributed by atoms with Gasteiger partial charge in [0.2, 0.25) is 0 Å². The van der Waals surface area contributed by atoms with Crippen molar-refractivity contribution in [2.75, 3.05) is 0 Å². The molecule has 0 saturated heterocycles. The van der Waals surface area contributed by atoms with E-state index >= 15 is 0 Å². The summed E-state index contributed by atoms with van der Waals surface area (Å²) in [7, 11) is 0. The number of carbonyl (C=O) groups excluding carboxylic acids is 1. The maximum Gasteiger partial charge on any atom is 0.251 e. The first-order valence-corrected chi connectivity index (χ1v) is 7.97. The number of halogens is 1. The van der Waals surface area contributed by atoms with Gasteiger partial charge in [-0.1, -0.05) is 48.2 Å². The first-order valence-electron chi connectivity index (χ1n) is 7.17. The van der Waals surface area contributed by atoms with Crippen LogP contribution < -0.4 is 5.32 Å². The summed E-state index contributed by atoms with van der Waals surface area (Å²) >= 11 is 3.48. The highest BCUT2D eigenvalue weighted by atomic mass is 79.9. The molecule has 0 heterocycles. The van der Waals surface area contributed by atoms with E-state index in [1.54, 1.807) is 0 Å². The Balaban J connectivity index is 2.02.